The summed E-state index contributed by atoms with van der Waals surface area (Å²) in [4.78, 5) is 15.4. The predicted molar refractivity (Wildman–Crippen MR) is 61.3 cm³/mol. The summed E-state index contributed by atoms with van der Waals surface area (Å²) in [6, 6.07) is 3.36. The molecular weight excluding hydrogens is 210 g/mol. The molecule has 0 aliphatic heterocycles. The summed E-state index contributed by atoms with van der Waals surface area (Å²) in [5, 5.41) is 0.415. The maximum Gasteiger partial charge on any atom is 0.340 e. The Balaban J connectivity index is 2.44. The second kappa shape index (κ2) is 6.45. The Hall–Kier alpha value is -1.03. The summed E-state index contributed by atoms with van der Waals surface area (Å²) in [5.74, 6) is -0.343. The molecule has 82 valence electrons. The van der Waals surface area contributed by atoms with Gasteiger partial charge in [0.2, 0.25) is 0 Å². The zero-order valence-corrected chi connectivity index (χ0v) is 9.67. The Morgan fingerprint density at radius 1 is 1.53 bits per heavy atom. The third-order valence-electron chi connectivity index (χ3n) is 1.99. The smallest absolute Gasteiger partial charge is 0.340 e. The van der Waals surface area contributed by atoms with Gasteiger partial charge in [-0.1, -0.05) is 19.8 Å². The molecule has 0 aromatic carbocycles. The van der Waals surface area contributed by atoms with Gasteiger partial charge in [0.05, 0.1) is 12.2 Å². The molecule has 0 saturated carbocycles. The lowest BCUT2D eigenvalue weighted by Gasteiger charge is -2.05. The zero-order chi connectivity index (χ0) is 11.1. The van der Waals surface area contributed by atoms with Crippen molar-refractivity contribution in [3.63, 3.8) is 0 Å². The van der Waals surface area contributed by atoms with E-state index in [4.69, 9.17) is 4.74 Å². The van der Waals surface area contributed by atoms with Crippen LogP contribution in [0.3, 0.4) is 0 Å². The molecule has 0 spiro atoms. The van der Waals surface area contributed by atoms with Gasteiger partial charge in [-0.15, -0.1) is 12.6 Å². The van der Waals surface area contributed by atoms with Gasteiger partial charge in [0.15, 0.2) is 0 Å². The van der Waals surface area contributed by atoms with Crippen LogP contribution in [0.2, 0.25) is 0 Å². The molecule has 1 heterocycles. The minimum atomic E-state index is -0.343. The molecule has 0 fully saturated rings. The van der Waals surface area contributed by atoms with Crippen LogP contribution < -0.4 is 0 Å². The highest BCUT2D eigenvalue weighted by atomic mass is 32.1. The molecule has 3 nitrogen and oxygen atoms in total. The van der Waals surface area contributed by atoms with Crippen LogP contribution in [-0.2, 0) is 4.74 Å². The second-order valence-corrected chi connectivity index (χ2v) is 3.64. The number of unbranched alkanes of at least 4 members (excludes halogenated alkanes) is 2. The maximum atomic E-state index is 11.5. The Labute approximate surface area is 95.3 Å². The lowest BCUT2D eigenvalue weighted by molar-refractivity contribution is 0.0493. The van der Waals surface area contributed by atoms with E-state index in [2.05, 4.69) is 24.5 Å². The first kappa shape index (κ1) is 12.0. The van der Waals surface area contributed by atoms with Crippen LogP contribution in [0.15, 0.2) is 23.4 Å². The molecular formula is C11H15NO2S. The normalized spacial score (nSPS) is 10.0. The molecule has 0 unspecified atom stereocenters. The monoisotopic (exact) mass is 225 g/mol. The van der Waals surface area contributed by atoms with Crippen molar-refractivity contribution < 1.29 is 9.53 Å². The number of nitrogens with zero attached hydrogens (tertiary/aromatic N) is 1. The molecule has 15 heavy (non-hydrogen) atoms. The van der Waals surface area contributed by atoms with Gasteiger partial charge < -0.3 is 4.74 Å². The van der Waals surface area contributed by atoms with Gasteiger partial charge in [-0.3, -0.25) is 0 Å². The first-order chi connectivity index (χ1) is 7.25. The van der Waals surface area contributed by atoms with Crippen LogP contribution in [-0.4, -0.2) is 17.6 Å². The average molecular weight is 225 g/mol. The maximum absolute atomic E-state index is 11.5. The third-order valence-corrected chi connectivity index (χ3v) is 2.34. The lowest BCUT2D eigenvalue weighted by Crippen LogP contribution is -2.07. The number of aromatic nitrogens is 1. The quantitative estimate of drug-likeness (QED) is 0.476. The van der Waals surface area contributed by atoms with Crippen molar-refractivity contribution in [1.82, 2.24) is 4.98 Å². The third kappa shape index (κ3) is 3.91. The molecule has 0 aliphatic rings. The number of hydrogen-bond acceptors (Lipinski definition) is 4. The highest BCUT2D eigenvalue weighted by Gasteiger charge is 2.10. The average Bonchev–Trinajstić information content (AvgIpc) is 2.25. The standard InChI is InChI=1S/C11H15NO2S/c1-2-3-4-8-14-11(13)9-6-5-7-12-10(9)15/h5-7H,2-4,8H2,1H3,(H,12,15). The number of carbonyl (C=O) groups excluding carboxylic acids is 1. The van der Waals surface area contributed by atoms with Gasteiger partial charge in [0, 0.05) is 6.20 Å². The van der Waals surface area contributed by atoms with E-state index in [1.54, 1.807) is 18.3 Å². The van der Waals surface area contributed by atoms with Crippen LogP contribution in [0, 0.1) is 0 Å². The van der Waals surface area contributed by atoms with Crippen molar-refractivity contribution in [3.05, 3.63) is 23.9 Å². The molecule has 0 bridgehead atoms. The zero-order valence-electron chi connectivity index (χ0n) is 8.77. The van der Waals surface area contributed by atoms with E-state index in [1.807, 2.05) is 0 Å². The van der Waals surface area contributed by atoms with E-state index in [0.29, 0.717) is 17.2 Å². The number of rotatable bonds is 5. The summed E-state index contributed by atoms with van der Waals surface area (Å²) in [6.45, 7) is 2.57. The highest BCUT2D eigenvalue weighted by molar-refractivity contribution is 7.80. The Kier molecular flexibility index (Phi) is 5.18. The van der Waals surface area contributed by atoms with Crippen molar-refractivity contribution in [2.45, 2.75) is 31.2 Å². The lowest BCUT2D eigenvalue weighted by atomic mass is 10.2. The topological polar surface area (TPSA) is 39.2 Å². The fourth-order valence-corrected chi connectivity index (χ4v) is 1.38. The first-order valence-electron chi connectivity index (χ1n) is 5.06. The van der Waals surface area contributed by atoms with E-state index in [9.17, 15) is 4.79 Å². The van der Waals surface area contributed by atoms with E-state index in [1.165, 1.54) is 0 Å². The van der Waals surface area contributed by atoms with Crippen molar-refractivity contribution in [2.24, 2.45) is 0 Å². The Morgan fingerprint density at radius 3 is 3.00 bits per heavy atom. The van der Waals surface area contributed by atoms with Crippen molar-refractivity contribution in [1.29, 1.82) is 0 Å². The molecule has 4 heteroatoms. The van der Waals surface area contributed by atoms with Gasteiger partial charge >= 0.3 is 5.97 Å². The molecule has 1 rings (SSSR count). The second-order valence-electron chi connectivity index (χ2n) is 3.22. The van der Waals surface area contributed by atoms with Crippen molar-refractivity contribution in [3.8, 4) is 0 Å². The minimum Gasteiger partial charge on any atom is -0.462 e. The molecule has 0 saturated heterocycles. The summed E-state index contributed by atoms with van der Waals surface area (Å²) < 4.78 is 5.08. The molecule has 0 amide bonds. The van der Waals surface area contributed by atoms with Crippen LogP contribution in [0.25, 0.3) is 0 Å². The highest BCUT2D eigenvalue weighted by Crippen LogP contribution is 2.11. The number of ether oxygens (including phenoxy) is 1. The Bertz CT molecular complexity index is 328. The minimum absolute atomic E-state index is 0.343. The van der Waals surface area contributed by atoms with Crippen LogP contribution in [0.1, 0.15) is 36.5 Å². The molecule has 0 aliphatic carbocycles. The predicted octanol–water partition coefficient (Wildman–Crippen LogP) is 2.72. The largest absolute Gasteiger partial charge is 0.462 e. The van der Waals surface area contributed by atoms with E-state index < -0.39 is 0 Å². The summed E-state index contributed by atoms with van der Waals surface area (Å²) in [6.07, 6.45) is 4.69. The van der Waals surface area contributed by atoms with E-state index >= 15 is 0 Å². The number of esters is 1. The van der Waals surface area contributed by atoms with Crippen LogP contribution >= 0.6 is 12.6 Å². The summed E-state index contributed by atoms with van der Waals surface area (Å²) in [5.41, 5.74) is 0.428. The van der Waals surface area contributed by atoms with Crippen molar-refractivity contribution >= 4 is 18.6 Å². The number of pyridine rings is 1. The molecule has 1 aromatic heterocycles. The summed E-state index contributed by atoms with van der Waals surface area (Å²) in [7, 11) is 0. The molecule has 0 atom stereocenters. The van der Waals surface area contributed by atoms with Crippen molar-refractivity contribution in [2.75, 3.05) is 6.61 Å². The van der Waals surface area contributed by atoms with E-state index in [-0.39, 0.29) is 5.97 Å². The van der Waals surface area contributed by atoms with Crippen LogP contribution in [0.4, 0.5) is 0 Å². The van der Waals surface area contributed by atoms with Gasteiger partial charge in [-0.05, 0) is 18.6 Å². The first-order valence-corrected chi connectivity index (χ1v) is 5.51. The number of carbonyl (C=O) groups is 1. The number of hydrogen-bond donors (Lipinski definition) is 1. The summed E-state index contributed by atoms with van der Waals surface area (Å²) >= 11 is 4.09. The molecule has 1 aromatic rings. The Morgan fingerprint density at radius 2 is 2.33 bits per heavy atom. The fourth-order valence-electron chi connectivity index (χ4n) is 1.15. The molecule has 0 N–H and O–H groups in total. The van der Waals surface area contributed by atoms with Crippen LogP contribution in [0.5, 0.6) is 0 Å². The van der Waals surface area contributed by atoms with Gasteiger partial charge in [-0.25, -0.2) is 9.78 Å². The fraction of sp³-hybridized carbons (Fsp3) is 0.455. The van der Waals surface area contributed by atoms with Gasteiger partial charge in [-0.2, -0.15) is 0 Å². The van der Waals surface area contributed by atoms with E-state index in [0.717, 1.165) is 19.3 Å². The number of thiol groups is 1. The molecule has 0 radical (unpaired) electrons. The SMILES string of the molecule is CCCCCOC(=O)c1cccnc1S. The van der Waals surface area contributed by atoms with Gasteiger partial charge in [0.25, 0.3) is 0 Å². The van der Waals surface area contributed by atoms with Gasteiger partial charge in [0.1, 0.15) is 5.03 Å².